The van der Waals surface area contributed by atoms with E-state index in [9.17, 15) is 13.5 Å². The van der Waals surface area contributed by atoms with Gasteiger partial charge in [0.1, 0.15) is 11.5 Å². The monoisotopic (exact) mass is 416 g/mol. The Hall–Kier alpha value is -2.82. The van der Waals surface area contributed by atoms with E-state index in [1.807, 2.05) is 13.0 Å². The van der Waals surface area contributed by atoms with Gasteiger partial charge < -0.3 is 10.8 Å². The van der Waals surface area contributed by atoms with Crippen molar-refractivity contribution in [3.05, 3.63) is 42.2 Å². The third-order valence-corrected chi connectivity index (χ3v) is 5.72. The van der Waals surface area contributed by atoms with Crippen LogP contribution < -0.4 is 10.5 Å². The maximum atomic E-state index is 12.6. The average Bonchev–Trinajstić information content (AvgIpc) is 3.06. The van der Waals surface area contributed by atoms with E-state index in [4.69, 9.17) is 5.73 Å². The number of pyridine rings is 1. The molecule has 1 aromatic carbocycles. The fourth-order valence-electron chi connectivity index (χ4n) is 2.73. The molecule has 0 bridgehead atoms. The molecule has 3 rings (SSSR count). The number of nitrogens with two attached hydrogens (primary N) is 1. The van der Waals surface area contributed by atoms with E-state index in [-0.39, 0.29) is 11.4 Å². The lowest BCUT2D eigenvalue weighted by Crippen LogP contribution is -2.38. The number of benzene rings is 1. The van der Waals surface area contributed by atoms with Gasteiger partial charge in [-0.15, -0.1) is 5.10 Å². The van der Waals surface area contributed by atoms with Gasteiger partial charge in [0.05, 0.1) is 16.7 Å². The number of hydrogen-bond acceptors (Lipinski definition) is 7. The van der Waals surface area contributed by atoms with Gasteiger partial charge in [-0.1, -0.05) is 11.3 Å². The Labute approximate surface area is 169 Å². The molecular weight excluding hydrogens is 392 g/mol. The van der Waals surface area contributed by atoms with Gasteiger partial charge >= 0.3 is 0 Å². The van der Waals surface area contributed by atoms with E-state index in [2.05, 4.69) is 20.0 Å². The van der Waals surface area contributed by atoms with Crippen LogP contribution in [0.4, 0.5) is 5.82 Å². The van der Waals surface area contributed by atoms with Crippen molar-refractivity contribution in [3.63, 3.8) is 0 Å². The van der Waals surface area contributed by atoms with Crippen LogP contribution in [0.5, 0.6) is 0 Å². The van der Waals surface area contributed by atoms with Gasteiger partial charge in [0.15, 0.2) is 0 Å². The van der Waals surface area contributed by atoms with Crippen LogP contribution in [-0.4, -0.2) is 45.6 Å². The van der Waals surface area contributed by atoms with Crippen LogP contribution in [0.2, 0.25) is 0 Å². The summed E-state index contributed by atoms with van der Waals surface area (Å²) in [5.41, 5.74) is 8.33. The van der Waals surface area contributed by atoms with E-state index in [1.165, 1.54) is 19.9 Å². The Kier molecular flexibility index (Phi) is 5.44. The molecule has 0 aliphatic carbocycles. The number of nitrogen functional groups attached to an aromatic ring is 1. The van der Waals surface area contributed by atoms with Crippen LogP contribution in [0.3, 0.4) is 0 Å². The molecule has 0 fully saturated rings. The lowest BCUT2D eigenvalue weighted by Gasteiger charge is -2.18. The molecule has 0 aliphatic heterocycles. The summed E-state index contributed by atoms with van der Waals surface area (Å²) in [6.07, 6.45) is 3.32. The van der Waals surface area contributed by atoms with E-state index < -0.39 is 15.6 Å². The number of aliphatic hydroxyl groups is 1. The first-order chi connectivity index (χ1) is 13.5. The van der Waals surface area contributed by atoms with Crippen LogP contribution in [0.15, 0.2) is 41.6 Å². The SMILES string of the molecule is Cc1ccc(S(=O)(=O)NCC(C)(C)O)cc1-c1cnc(N)c(-c2cn(C)nn2)c1. The fourth-order valence-corrected chi connectivity index (χ4v) is 3.96. The molecular formula is C19H24N6O3S. The molecule has 0 amide bonds. The highest BCUT2D eigenvalue weighted by atomic mass is 32.2. The minimum atomic E-state index is -3.79. The van der Waals surface area contributed by atoms with Crippen LogP contribution in [0, 0.1) is 6.92 Å². The van der Waals surface area contributed by atoms with Crippen molar-refractivity contribution in [2.24, 2.45) is 7.05 Å². The molecule has 2 heterocycles. The van der Waals surface area contributed by atoms with Crippen LogP contribution in [-0.2, 0) is 17.1 Å². The molecule has 0 unspecified atom stereocenters. The first kappa shape index (κ1) is 20.9. The van der Waals surface area contributed by atoms with Gasteiger partial charge in [-0.3, -0.25) is 4.68 Å². The van der Waals surface area contributed by atoms with Crippen molar-refractivity contribution in [1.82, 2.24) is 24.7 Å². The molecule has 0 atom stereocenters. The maximum absolute atomic E-state index is 12.6. The lowest BCUT2D eigenvalue weighted by atomic mass is 10.00. The van der Waals surface area contributed by atoms with E-state index in [0.29, 0.717) is 28.2 Å². The summed E-state index contributed by atoms with van der Waals surface area (Å²) < 4.78 is 29.3. The minimum absolute atomic E-state index is 0.0974. The van der Waals surface area contributed by atoms with Gasteiger partial charge in [0.25, 0.3) is 0 Å². The molecule has 2 aromatic heterocycles. The summed E-state index contributed by atoms with van der Waals surface area (Å²) in [4.78, 5) is 4.34. The Morgan fingerprint density at radius 1 is 1.24 bits per heavy atom. The second kappa shape index (κ2) is 7.54. The summed E-state index contributed by atoms with van der Waals surface area (Å²) in [7, 11) is -2.04. The standard InChI is InChI=1S/C19H24N6O3S/c1-12-5-6-14(29(27,28)22-11-19(2,3)26)8-15(12)13-7-16(18(20)21-9-13)17-10-25(4)24-23-17/h5-10,22,26H,11H2,1-4H3,(H2,20,21). The largest absolute Gasteiger partial charge is 0.389 e. The summed E-state index contributed by atoms with van der Waals surface area (Å²) in [6.45, 7) is 4.85. The fraction of sp³-hybridized carbons (Fsp3) is 0.316. The molecule has 0 saturated carbocycles. The molecule has 0 spiro atoms. The van der Waals surface area contributed by atoms with Crippen molar-refractivity contribution < 1.29 is 13.5 Å². The van der Waals surface area contributed by atoms with Crippen molar-refractivity contribution in [3.8, 4) is 22.4 Å². The first-order valence-corrected chi connectivity index (χ1v) is 10.4. The van der Waals surface area contributed by atoms with Crippen molar-refractivity contribution in [2.75, 3.05) is 12.3 Å². The van der Waals surface area contributed by atoms with Crippen LogP contribution in [0.1, 0.15) is 19.4 Å². The number of hydrogen-bond donors (Lipinski definition) is 3. The number of nitrogens with one attached hydrogen (secondary N) is 1. The highest BCUT2D eigenvalue weighted by Gasteiger charge is 2.21. The second-order valence-corrected chi connectivity index (χ2v) is 9.31. The summed E-state index contributed by atoms with van der Waals surface area (Å²) in [5, 5.41) is 17.8. The van der Waals surface area contributed by atoms with E-state index in [0.717, 1.165) is 5.56 Å². The van der Waals surface area contributed by atoms with Gasteiger partial charge in [0, 0.05) is 30.9 Å². The number of nitrogens with zero attached hydrogens (tertiary/aromatic N) is 4. The van der Waals surface area contributed by atoms with Crippen molar-refractivity contribution in [2.45, 2.75) is 31.3 Å². The van der Waals surface area contributed by atoms with Crippen LogP contribution in [0.25, 0.3) is 22.4 Å². The molecule has 9 nitrogen and oxygen atoms in total. The molecule has 4 N–H and O–H groups in total. The zero-order chi connectivity index (χ0) is 21.4. The first-order valence-electron chi connectivity index (χ1n) is 8.91. The Balaban J connectivity index is 2.03. The molecule has 0 aliphatic rings. The second-order valence-electron chi connectivity index (χ2n) is 7.55. The normalized spacial score (nSPS) is 12.3. The number of sulfonamides is 1. The zero-order valence-electron chi connectivity index (χ0n) is 16.7. The van der Waals surface area contributed by atoms with E-state index in [1.54, 1.807) is 36.3 Å². The van der Waals surface area contributed by atoms with Crippen molar-refractivity contribution in [1.29, 1.82) is 0 Å². The lowest BCUT2D eigenvalue weighted by molar-refractivity contribution is 0.0857. The highest BCUT2D eigenvalue weighted by molar-refractivity contribution is 7.89. The molecule has 0 radical (unpaired) electrons. The molecule has 0 saturated heterocycles. The number of aryl methyl sites for hydroxylation is 2. The van der Waals surface area contributed by atoms with Gasteiger partial charge in [0.2, 0.25) is 10.0 Å². The summed E-state index contributed by atoms with van der Waals surface area (Å²) in [6, 6.07) is 6.65. The molecule has 10 heteroatoms. The number of aromatic nitrogens is 4. The average molecular weight is 417 g/mol. The summed E-state index contributed by atoms with van der Waals surface area (Å²) >= 11 is 0. The number of rotatable bonds is 6. The topological polar surface area (TPSA) is 136 Å². The maximum Gasteiger partial charge on any atom is 0.240 e. The Bertz CT molecular complexity index is 1150. The molecule has 154 valence electrons. The summed E-state index contributed by atoms with van der Waals surface area (Å²) in [5.74, 6) is 0.308. The van der Waals surface area contributed by atoms with Crippen LogP contribution >= 0.6 is 0 Å². The third kappa shape index (κ3) is 4.78. The zero-order valence-corrected chi connectivity index (χ0v) is 17.5. The predicted octanol–water partition coefficient (Wildman–Crippen LogP) is 1.48. The Morgan fingerprint density at radius 3 is 2.59 bits per heavy atom. The molecule has 29 heavy (non-hydrogen) atoms. The Morgan fingerprint density at radius 2 is 1.97 bits per heavy atom. The van der Waals surface area contributed by atoms with Crippen molar-refractivity contribution >= 4 is 15.8 Å². The van der Waals surface area contributed by atoms with E-state index >= 15 is 0 Å². The molecule has 3 aromatic rings. The third-order valence-electron chi connectivity index (χ3n) is 4.32. The van der Waals surface area contributed by atoms with Gasteiger partial charge in [-0.05, 0) is 50.1 Å². The predicted molar refractivity (Wildman–Crippen MR) is 110 cm³/mol. The number of anilines is 1. The quantitative estimate of drug-likeness (QED) is 0.554. The van der Waals surface area contributed by atoms with Gasteiger partial charge in [-0.25, -0.2) is 18.1 Å². The smallest absolute Gasteiger partial charge is 0.240 e. The minimum Gasteiger partial charge on any atom is -0.389 e. The highest BCUT2D eigenvalue weighted by Crippen LogP contribution is 2.31. The van der Waals surface area contributed by atoms with Gasteiger partial charge in [-0.2, -0.15) is 0 Å².